The van der Waals surface area contributed by atoms with Crippen LogP contribution in [-0.2, 0) is 67.3 Å². The summed E-state index contributed by atoms with van der Waals surface area (Å²) in [5, 5.41) is 31.1. The molecule has 7 rings (SSSR count). The third-order valence-electron chi connectivity index (χ3n) is 15.0. The zero-order chi connectivity index (χ0) is 54.8. The number of hydrogen-bond acceptors (Lipinski definition) is 18. The molecule has 1 aliphatic heterocycles. The standard InChI is InChI=1S/C53H60N2O19S/c1-29-35(71-49(64)43(72-39(60)23-22-38(59)54-24-25-75(66,67)68)41(32-16-10-7-11-17-32)55-47(62)33-18-12-8-13-19-33)27-53(65)46(73-48(63)34-20-14-9-15-21-34)44-51(6,36(58)26-37-52(44,28-69-37)74-31(3)57)45(61)42(70-30(2)56)40(29)50(53,4)5/h7-21,35-37,41-44,46,58,65H,22-28H2,1-6H3,(H,54,59)(H,55,62)(H,66,67,68)/t35-,36-,37+,41-,42+,43+,44-,46-,51+,52-,53+/m0/s1. The zero-order valence-electron chi connectivity index (χ0n) is 42.0. The Morgan fingerprint density at radius 3 is 1.99 bits per heavy atom. The van der Waals surface area contributed by atoms with Gasteiger partial charge in [0.2, 0.25) is 12.0 Å². The summed E-state index contributed by atoms with van der Waals surface area (Å²) < 4.78 is 68.0. The van der Waals surface area contributed by atoms with Crippen molar-refractivity contribution in [1.82, 2.24) is 10.6 Å². The second-order valence-corrected chi connectivity index (χ2v) is 21.5. The van der Waals surface area contributed by atoms with E-state index in [9.17, 15) is 47.4 Å². The van der Waals surface area contributed by atoms with E-state index in [1.54, 1.807) is 54.6 Å². The van der Waals surface area contributed by atoms with E-state index in [1.807, 2.05) is 0 Å². The Balaban J connectivity index is 1.38. The Kier molecular flexibility index (Phi) is 16.2. The highest BCUT2D eigenvalue weighted by molar-refractivity contribution is 7.85. The summed E-state index contributed by atoms with van der Waals surface area (Å²) in [6, 6.07) is 21.8. The number of aliphatic hydroxyl groups excluding tert-OH is 1. The molecule has 402 valence electrons. The molecule has 0 aromatic heterocycles. The van der Waals surface area contributed by atoms with Gasteiger partial charge in [0.15, 0.2) is 17.5 Å². The molecule has 2 amide bonds. The molecule has 75 heavy (non-hydrogen) atoms. The van der Waals surface area contributed by atoms with Gasteiger partial charge in [-0.25, -0.2) is 9.59 Å². The molecular formula is C53H60N2O19S. The van der Waals surface area contributed by atoms with Gasteiger partial charge >= 0.3 is 29.8 Å². The molecule has 1 saturated heterocycles. The number of aliphatic hydroxyl groups is 2. The molecule has 3 aromatic carbocycles. The Labute approximate surface area is 432 Å². The molecule has 2 bridgehead atoms. The fraction of sp³-hybridized carbons (Fsp3) is 0.472. The van der Waals surface area contributed by atoms with Gasteiger partial charge in [-0.1, -0.05) is 80.6 Å². The summed E-state index contributed by atoms with van der Waals surface area (Å²) in [6.07, 6.45) is -12.7. The molecule has 22 heteroatoms. The number of esters is 5. The highest BCUT2D eigenvalue weighted by atomic mass is 32.2. The molecular weight excluding hydrogens is 1000 g/mol. The van der Waals surface area contributed by atoms with Crippen molar-refractivity contribution in [2.75, 3.05) is 18.9 Å². The van der Waals surface area contributed by atoms with Crippen LogP contribution in [0.25, 0.3) is 0 Å². The minimum absolute atomic E-state index is 0.00145. The van der Waals surface area contributed by atoms with Crippen molar-refractivity contribution < 1.29 is 90.0 Å². The highest BCUT2D eigenvalue weighted by Gasteiger charge is 2.78. The van der Waals surface area contributed by atoms with E-state index in [-0.39, 0.29) is 40.9 Å². The van der Waals surface area contributed by atoms with E-state index >= 15 is 9.59 Å². The number of carbonyl (C=O) groups is 8. The Morgan fingerprint density at radius 2 is 1.43 bits per heavy atom. The second kappa shape index (κ2) is 21.8. The first-order valence-electron chi connectivity index (χ1n) is 24.2. The van der Waals surface area contributed by atoms with Crippen molar-refractivity contribution in [3.63, 3.8) is 0 Å². The molecule has 3 fully saturated rings. The number of ketones is 1. The maximum Gasteiger partial charge on any atom is 0.350 e. The summed E-state index contributed by atoms with van der Waals surface area (Å²) in [5.41, 5.74) is -8.06. The minimum atomic E-state index is -4.43. The van der Waals surface area contributed by atoms with Crippen LogP contribution in [0.2, 0.25) is 0 Å². The molecule has 4 aliphatic rings. The first-order valence-corrected chi connectivity index (χ1v) is 25.8. The van der Waals surface area contributed by atoms with Gasteiger partial charge in [0.25, 0.3) is 16.0 Å². The van der Waals surface area contributed by atoms with Crippen molar-refractivity contribution >= 4 is 57.6 Å². The molecule has 0 spiro atoms. The van der Waals surface area contributed by atoms with Gasteiger partial charge in [0, 0.05) is 50.6 Å². The maximum atomic E-state index is 15.7. The van der Waals surface area contributed by atoms with Crippen LogP contribution in [0.15, 0.2) is 102 Å². The van der Waals surface area contributed by atoms with E-state index in [1.165, 1.54) is 64.1 Å². The largest absolute Gasteiger partial charge is 0.455 e. The monoisotopic (exact) mass is 1060 g/mol. The van der Waals surface area contributed by atoms with Crippen LogP contribution >= 0.6 is 0 Å². The normalized spacial score (nSPS) is 28.4. The smallest absolute Gasteiger partial charge is 0.350 e. The lowest BCUT2D eigenvalue weighted by Crippen LogP contribution is -2.82. The number of benzene rings is 3. The molecule has 3 aromatic rings. The van der Waals surface area contributed by atoms with Crippen LogP contribution in [0, 0.1) is 16.7 Å². The fourth-order valence-corrected chi connectivity index (χ4v) is 11.5. The number of amides is 2. The lowest BCUT2D eigenvalue weighted by molar-refractivity contribution is -0.346. The summed E-state index contributed by atoms with van der Waals surface area (Å²) in [7, 11) is -4.43. The number of hydrogen-bond donors (Lipinski definition) is 5. The quantitative estimate of drug-likeness (QED) is 0.0561. The Bertz CT molecular complexity index is 2860. The van der Waals surface area contributed by atoms with E-state index in [4.69, 9.17) is 33.0 Å². The van der Waals surface area contributed by atoms with Gasteiger partial charge in [0.05, 0.1) is 41.8 Å². The van der Waals surface area contributed by atoms with Crippen molar-refractivity contribution in [3.05, 3.63) is 119 Å². The Morgan fingerprint density at radius 1 is 0.827 bits per heavy atom. The Hall–Kier alpha value is -6.85. The molecule has 5 N–H and O–H groups in total. The number of rotatable bonds is 17. The SMILES string of the molecule is CC(=O)O[C@H]1C(=O)[C@@]2(C)[C@H]([C@H](OC(=O)c3ccccc3)[C@]3(O)C[C@H](OC(=O)[C@H](OC(=O)CCC(=O)NCCS(=O)(=O)O)[C@@H](NC(=O)c4ccccc4)c4ccccc4)C(C)=C1C3(C)C)[C@]1(OC(C)=O)CO[C@@H]1C[C@@H]2O. The van der Waals surface area contributed by atoms with Gasteiger partial charge in [-0.3, -0.25) is 33.3 Å². The zero-order valence-corrected chi connectivity index (χ0v) is 42.8. The summed E-state index contributed by atoms with van der Waals surface area (Å²) in [5.74, 6) is -10.3. The van der Waals surface area contributed by atoms with Gasteiger partial charge < -0.3 is 49.3 Å². The van der Waals surface area contributed by atoms with Gasteiger partial charge in [-0.15, -0.1) is 0 Å². The van der Waals surface area contributed by atoms with Crippen LogP contribution in [-0.4, -0.2) is 137 Å². The van der Waals surface area contributed by atoms with Crippen LogP contribution in [0.5, 0.6) is 0 Å². The lowest BCUT2D eigenvalue weighted by Gasteiger charge is -2.67. The lowest BCUT2D eigenvalue weighted by atomic mass is 9.44. The van der Waals surface area contributed by atoms with Crippen LogP contribution in [0.4, 0.5) is 0 Å². The minimum Gasteiger partial charge on any atom is -0.455 e. The van der Waals surface area contributed by atoms with Crippen molar-refractivity contribution in [2.24, 2.45) is 16.7 Å². The first kappa shape index (κ1) is 55.9. The van der Waals surface area contributed by atoms with Gasteiger partial charge in [-0.2, -0.15) is 8.42 Å². The maximum absolute atomic E-state index is 15.7. The van der Waals surface area contributed by atoms with Crippen molar-refractivity contribution in [3.8, 4) is 0 Å². The molecule has 3 aliphatic carbocycles. The molecule has 11 atom stereocenters. The predicted octanol–water partition coefficient (Wildman–Crippen LogP) is 3.07. The second-order valence-electron chi connectivity index (χ2n) is 20.0. The van der Waals surface area contributed by atoms with Crippen LogP contribution < -0.4 is 10.6 Å². The van der Waals surface area contributed by atoms with E-state index in [0.29, 0.717) is 0 Å². The molecule has 1 heterocycles. The van der Waals surface area contributed by atoms with Gasteiger partial charge in [0.1, 0.15) is 30.0 Å². The number of ether oxygens (including phenoxy) is 6. The topological polar surface area (TPSA) is 311 Å². The molecule has 2 saturated carbocycles. The molecule has 21 nitrogen and oxygen atoms in total. The number of nitrogens with one attached hydrogen (secondary N) is 2. The summed E-state index contributed by atoms with van der Waals surface area (Å²) >= 11 is 0. The average Bonchev–Trinajstić information content (AvgIpc) is 3.35. The number of fused-ring (bicyclic) bond motifs is 5. The van der Waals surface area contributed by atoms with E-state index in [2.05, 4.69) is 10.6 Å². The molecule has 0 radical (unpaired) electrons. The van der Waals surface area contributed by atoms with Gasteiger partial charge in [-0.05, 0) is 54.8 Å². The fourth-order valence-electron chi connectivity index (χ4n) is 11.1. The summed E-state index contributed by atoms with van der Waals surface area (Å²) in [6.45, 7) is 7.07. The number of carbonyl (C=O) groups excluding carboxylic acids is 8. The highest BCUT2D eigenvalue weighted by Crippen LogP contribution is 2.64. The predicted molar refractivity (Wildman–Crippen MR) is 260 cm³/mol. The third-order valence-corrected chi connectivity index (χ3v) is 15.7. The number of Topliss-reactive ketones (excluding diaryl/α,β-unsaturated/α-hetero) is 1. The summed E-state index contributed by atoms with van der Waals surface area (Å²) in [4.78, 5) is 112. The van der Waals surface area contributed by atoms with Crippen molar-refractivity contribution in [1.29, 1.82) is 0 Å². The van der Waals surface area contributed by atoms with Crippen LogP contribution in [0.1, 0.15) is 99.5 Å². The third kappa shape index (κ3) is 11.1. The first-order chi connectivity index (χ1) is 35.2. The average molecular weight is 1060 g/mol. The van der Waals surface area contributed by atoms with Crippen LogP contribution in [0.3, 0.4) is 0 Å². The van der Waals surface area contributed by atoms with Crippen molar-refractivity contribution in [2.45, 2.75) is 121 Å². The molecule has 0 unspecified atom stereocenters. The van der Waals surface area contributed by atoms with E-state index in [0.717, 1.165) is 13.8 Å². The van der Waals surface area contributed by atoms with E-state index < -0.39 is 160 Å².